The van der Waals surface area contributed by atoms with Crippen LogP contribution >= 0.6 is 0 Å². The van der Waals surface area contributed by atoms with Crippen molar-refractivity contribution in [2.75, 3.05) is 26.3 Å². The van der Waals surface area contributed by atoms with Crippen molar-refractivity contribution in [3.63, 3.8) is 0 Å². The number of ether oxygens (including phenoxy) is 1. The molecule has 0 aromatic rings. The molecule has 0 bridgehead atoms. The van der Waals surface area contributed by atoms with Gasteiger partial charge in [-0.1, -0.05) is 20.8 Å². The fourth-order valence-corrected chi connectivity index (χ4v) is 3.69. The molecule has 2 aliphatic heterocycles. The van der Waals surface area contributed by atoms with Crippen molar-refractivity contribution >= 4 is 0 Å². The first-order chi connectivity index (χ1) is 9.13. The molecule has 0 radical (unpaired) electrons. The molecule has 0 aromatic carbocycles. The maximum absolute atomic E-state index is 5.52. The lowest BCUT2D eigenvalue weighted by Gasteiger charge is -2.48. The van der Waals surface area contributed by atoms with Crippen LogP contribution in [-0.2, 0) is 4.74 Å². The van der Waals surface area contributed by atoms with Crippen LogP contribution in [0.2, 0.25) is 0 Å². The minimum atomic E-state index is 0.678. The summed E-state index contributed by atoms with van der Waals surface area (Å²) in [5.74, 6) is 1.55. The van der Waals surface area contributed by atoms with E-state index in [1.54, 1.807) is 0 Å². The molecule has 0 spiro atoms. The van der Waals surface area contributed by atoms with Crippen molar-refractivity contribution in [1.29, 1.82) is 0 Å². The molecule has 0 saturated carbocycles. The molecule has 19 heavy (non-hydrogen) atoms. The molecule has 2 fully saturated rings. The molecule has 0 aliphatic carbocycles. The van der Waals surface area contributed by atoms with E-state index < -0.39 is 0 Å². The van der Waals surface area contributed by atoms with E-state index in [0.717, 1.165) is 31.6 Å². The standard InChI is InChI=1S/C16H32N2O/c1-5-15-11-18(16(10-17-15)12(2)3)13(4)14-6-8-19-9-7-14/h12-17H,5-11H2,1-4H3. The summed E-state index contributed by atoms with van der Waals surface area (Å²) >= 11 is 0. The summed E-state index contributed by atoms with van der Waals surface area (Å²) in [4.78, 5) is 2.80. The van der Waals surface area contributed by atoms with Gasteiger partial charge in [0.15, 0.2) is 0 Å². The van der Waals surface area contributed by atoms with Gasteiger partial charge in [0.1, 0.15) is 0 Å². The van der Waals surface area contributed by atoms with Crippen molar-refractivity contribution in [3.8, 4) is 0 Å². The molecule has 2 aliphatic rings. The molecule has 0 amide bonds. The van der Waals surface area contributed by atoms with E-state index in [0.29, 0.717) is 18.1 Å². The van der Waals surface area contributed by atoms with E-state index in [1.165, 1.54) is 25.8 Å². The Hall–Kier alpha value is -0.120. The van der Waals surface area contributed by atoms with Crippen LogP contribution < -0.4 is 5.32 Å². The molecule has 112 valence electrons. The molecule has 3 heteroatoms. The molecular formula is C16H32N2O. The van der Waals surface area contributed by atoms with Crippen LogP contribution in [0.25, 0.3) is 0 Å². The number of hydrogen-bond acceptors (Lipinski definition) is 3. The van der Waals surface area contributed by atoms with Gasteiger partial charge in [-0.2, -0.15) is 0 Å². The van der Waals surface area contributed by atoms with Crippen LogP contribution in [-0.4, -0.2) is 49.3 Å². The average Bonchev–Trinajstić information content (AvgIpc) is 2.46. The molecule has 2 saturated heterocycles. The summed E-state index contributed by atoms with van der Waals surface area (Å²) in [7, 11) is 0. The van der Waals surface area contributed by atoms with E-state index in [-0.39, 0.29) is 0 Å². The summed E-state index contributed by atoms with van der Waals surface area (Å²) in [5, 5.41) is 3.72. The normalized spacial score (nSPS) is 32.7. The fourth-order valence-electron chi connectivity index (χ4n) is 3.69. The number of nitrogens with zero attached hydrogens (tertiary/aromatic N) is 1. The predicted octanol–water partition coefficient (Wildman–Crippen LogP) is 2.51. The molecule has 0 aromatic heterocycles. The maximum atomic E-state index is 5.52. The smallest absolute Gasteiger partial charge is 0.0469 e. The monoisotopic (exact) mass is 268 g/mol. The third-order valence-corrected chi connectivity index (χ3v) is 5.21. The fraction of sp³-hybridized carbons (Fsp3) is 1.00. The Labute approximate surface area is 119 Å². The van der Waals surface area contributed by atoms with Crippen LogP contribution in [0.4, 0.5) is 0 Å². The highest BCUT2D eigenvalue weighted by Gasteiger charge is 2.35. The molecule has 2 heterocycles. The van der Waals surface area contributed by atoms with Gasteiger partial charge in [0, 0.05) is 44.4 Å². The Morgan fingerprint density at radius 1 is 1.21 bits per heavy atom. The van der Waals surface area contributed by atoms with Crippen LogP contribution in [0.15, 0.2) is 0 Å². The predicted molar refractivity (Wildman–Crippen MR) is 80.4 cm³/mol. The zero-order chi connectivity index (χ0) is 13.8. The average molecular weight is 268 g/mol. The van der Waals surface area contributed by atoms with Gasteiger partial charge in [0.25, 0.3) is 0 Å². The molecule has 3 unspecified atom stereocenters. The number of piperazine rings is 1. The summed E-state index contributed by atoms with van der Waals surface area (Å²) in [5.41, 5.74) is 0. The maximum Gasteiger partial charge on any atom is 0.0469 e. The van der Waals surface area contributed by atoms with E-state index in [4.69, 9.17) is 4.74 Å². The van der Waals surface area contributed by atoms with Gasteiger partial charge < -0.3 is 10.1 Å². The first-order valence-corrected chi connectivity index (χ1v) is 8.20. The van der Waals surface area contributed by atoms with Crippen molar-refractivity contribution in [2.24, 2.45) is 11.8 Å². The second kappa shape index (κ2) is 7.05. The molecule has 3 atom stereocenters. The van der Waals surface area contributed by atoms with Gasteiger partial charge in [-0.25, -0.2) is 0 Å². The van der Waals surface area contributed by atoms with E-state index >= 15 is 0 Å². The third kappa shape index (κ3) is 3.71. The molecular weight excluding hydrogens is 236 g/mol. The van der Waals surface area contributed by atoms with Crippen LogP contribution in [0.3, 0.4) is 0 Å². The van der Waals surface area contributed by atoms with Crippen molar-refractivity contribution in [2.45, 2.75) is 65.1 Å². The van der Waals surface area contributed by atoms with E-state index in [2.05, 4.69) is 37.9 Å². The molecule has 1 N–H and O–H groups in total. The van der Waals surface area contributed by atoms with Gasteiger partial charge in [-0.3, -0.25) is 4.90 Å². The topological polar surface area (TPSA) is 24.5 Å². The highest BCUT2D eigenvalue weighted by molar-refractivity contribution is 4.92. The number of hydrogen-bond donors (Lipinski definition) is 1. The second-order valence-corrected chi connectivity index (χ2v) is 6.71. The molecule has 3 nitrogen and oxygen atoms in total. The summed E-state index contributed by atoms with van der Waals surface area (Å²) < 4.78 is 5.52. The zero-order valence-electron chi connectivity index (χ0n) is 13.2. The van der Waals surface area contributed by atoms with Gasteiger partial charge >= 0.3 is 0 Å². The Balaban J connectivity index is 2.02. The third-order valence-electron chi connectivity index (χ3n) is 5.21. The van der Waals surface area contributed by atoms with E-state index in [9.17, 15) is 0 Å². The highest BCUT2D eigenvalue weighted by Crippen LogP contribution is 2.27. The van der Waals surface area contributed by atoms with Crippen LogP contribution in [0, 0.1) is 11.8 Å². The van der Waals surface area contributed by atoms with Crippen LogP contribution in [0.1, 0.15) is 47.0 Å². The Bertz CT molecular complexity index is 263. The minimum absolute atomic E-state index is 0.678. The number of rotatable bonds is 4. The van der Waals surface area contributed by atoms with Gasteiger partial charge in [0.05, 0.1) is 0 Å². The highest BCUT2D eigenvalue weighted by atomic mass is 16.5. The van der Waals surface area contributed by atoms with Crippen LogP contribution in [0.5, 0.6) is 0 Å². The SMILES string of the molecule is CCC1CN(C(C)C2CCOCC2)C(C(C)C)CN1. The summed E-state index contributed by atoms with van der Waals surface area (Å²) in [6, 6.07) is 2.07. The first-order valence-electron chi connectivity index (χ1n) is 8.20. The Morgan fingerprint density at radius 2 is 1.89 bits per heavy atom. The van der Waals surface area contributed by atoms with Crippen molar-refractivity contribution in [1.82, 2.24) is 10.2 Å². The van der Waals surface area contributed by atoms with Gasteiger partial charge in [0.2, 0.25) is 0 Å². The van der Waals surface area contributed by atoms with E-state index in [1.807, 2.05) is 0 Å². The lowest BCUT2D eigenvalue weighted by Crippen LogP contribution is -2.61. The molecule has 2 rings (SSSR count). The first kappa shape index (κ1) is 15.3. The quantitative estimate of drug-likeness (QED) is 0.848. The lowest BCUT2D eigenvalue weighted by molar-refractivity contribution is -0.00639. The minimum Gasteiger partial charge on any atom is -0.381 e. The van der Waals surface area contributed by atoms with Crippen molar-refractivity contribution in [3.05, 3.63) is 0 Å². The van der Waals surface area contributed by atoms with Crippen molar-refractivity contribution < 1.29 is 4.74 Å². The summed E-state index contributed by atoms with van der Waals surface area (Å²) in [6.07, 6.45) is 3.72. The Kier molecular flexibility index (Phi) is 5.67. The summed E-state index contributed by atoms with van der Waals surface area (Å²) in [6.45, 7) is 13.8. The Morgan fingerprint density at radius 3 is 2.47 bits per heavy atom. The number of nitrogens with one attached hydrogen (secondary N) is 1. The largest absolute Gasteiger partial charge is 0.381 e. The van der Waals surface area contributed by atoms with Gasteiger partial charge in [-0.05, 0) is 38.0 Å². The lowest BCUT2D eigenvalue weighted by atomic mass is 9.87. The second-order valence-electron chi connectivity index (χ2n) is 6.71. The van der Waals surface area contributed by atoms with Gasteiger partial charge in [-0.15, -0.1) is 0 Å². The zero-order valence-corrected chi connectivity index (χ0v) is 13.2.